The molecule has 6 aromatic carbocycles. The quantitative estimate of drug-likeness (QED) is 0.0968. The Morgan fingerprint density at radius 1 is 0.508 bits per heavy atom. The largest absolute Gasteiger partial charge is 0.459 e. The summed E-state index contributed by atoms with van der Waals surface area (Å²) in [5.41, 5.74) is 5.35. The Bertz CT molecular complexity index is 2580. The van der Waals surface area contributed by atoms with E-state index in [-0.39, 0.29) is 23.7 Å². The first kappa shape index (κ1) is 39.9. The van der Waals surface area contributed by atoms with Gasteiger partial charge in [-0.25, -0.2) is 13.2 Å². The number of benzene rings is 6. The van der Waals surface area contributed by atoms with Crippen molar-refractivity contribution >= 4 is 0 Å². The molecule has 3 nitrogen and oxygen atoms in total. The number of rotatable bonds is 11. The van der Waals surface area contributed by atoms with E-state index in [4.69, 9.17) is 33.5 Å². The van der Waals surface area contributed by atoms with Crippen LogP contribution in [0.2, 0.25) is 0 Å². The summed E-state index contributed by atoms with van der Waals surface area (Å²) in [5.74, 6) is 8.03. The second-order valence-electron chi connectivity index (χ2n) is 14.9. The van der Waals surface area contributed by atoms with Gasteiger partial charge in [-0.2, -0.15) is 0 Å². The van der Waals surface area contributed by atoms with E-state index in [9.17, 15) is 13.2 Å². The van der Waals surface area contributed by atoms with E-state index >= 15 is 0 Å². The summed E-state index contributed by atoms with van der Waals surface area (Å²) in [6.07, 6.45) is 18.4. The summed E-state index contributed by atoms with van der Waals surface area (Å²) in [6.45, 7) is 6.42. The minimum atomic E-state index is -1.30. The third-order valence-electron chi connectivity index (χ3n) is 10.9. The van der Waals surface area contributed by atoms with Gasteiger partial charge in [0.1, 0.15) is 23.0 Å². The molecule has 6 heteroatoms. The van der Waals surface area contributed by atoms with Gasteiger partial charge in [0.25, 0.3) is 0 Å². The molecule has 0 fully saturated rings. The maximum Gasteiger partial charge on any atom is 0.166 e. The van der Waals surface area contributed by atoms with Crippen LogP contribution in [0, 0.1) is 48.7 Å². The summed E-state index contributed by atoms with van der Waals surface area (Å²) < 4.78 is 61.8. The third-order valence-corrected chi connectivity index (χ3v) is 10.9. The highest BCUT2D eigenvalue weighted by atomic mass is 19.1. The molecule has 0 amide bonds. The second kappa shape index (κ2) is 16.6. The molecule has 0 aromatic heterocycles. The minimum absolute atomic E-state index is 0.0625. The van der Waals surface area contributed by atoms with E-state index in [0.717, 1.165) is 27.8 Å². The SMILES string of the molecule is C#CC1=CC=C(Oc2ccc(C(C)(C)c3ccc(C(C)(c4ccc(Oc5ccc(C#C)cc5F)cc4)c4ccc(Oc5ccc(C#C)cc5F)cc4)cc3)cc2)[C@@H](F)C1. The van der Waals surface area contributed by atoms with Crippen LogP contribution in [0.25, 0.3) is 0 Å². The Balaban J connectivity index is 1.18. The summed E-state index contributed by atoms with van der Waals surface area (Å²) in [6, 6.07) is 40.0. The van der Waals surface area contributed by atoms with E-state index in [1.54, 1.807) is 48.6 Å². The molecule has 290 valence electrons. The average molecular weight is 781 g/mol. The molecule has 0 aliphatic heterocycles. The molecule has 1 atom stereocenters. The Morgan fingerprint density at radius 2 is 0.898 bits per heavy atom. The fourth-order valence-electron chi connectivity index (χ4n) is 7.13. The van der Waals surface area contributed by atoms with Gasteiger partial charge in [-0.1, -0.05) is 92.3 Å². The molecule has 6 aromatic rings. The van der Waals surface area contributed by atoms with Gasteiger partial charge in [-0.05, 0) is 120 Å². The molecule has 0 saturated heterocycles. The first-order valence-electron chi connectivity index (χ1n) is 18.9. The highest BCUT2D eigenvalue weighted by Gasteiger charge is 2.33. The molecule has 0 unspecified atom stereocenters. The zero-order valence-electron chi connectivity index (χ0n) is 32.7. The van der Waals surface area contributed by atoms with E-state index in [0.29, 0.717) is 33.9 Å². The molecule has 59 heavy (non-hydrogen) atoms. The van der Waals surface area contributed by atoms with Gasteiger partial charge >= 0.3 is 0 Å². The molecular formula is C53H39F3O3. The number of ether oxygens (including phenoxy) is 3. The lowest BCUT2D eigenvalue weighted by Crippen LogP contribution is -2.26. The van der Waals surface area contributed by atoms with E-state index in [1.165, 1.54) is 24.3 Å². The van der Waals surface area contributed by atoms with E-state index in [2.05, 4.69) is 62.8 Å². The maximum atomic E-state index is 14.7. The lowest BCUT2D eigenvalue weighted by molar-refractivity contribution is 0.269. The fraction of sp³-hybridized carbons (Fsp3) is 0.132. The van der Waals surface area contributed by atoms with Crippen LogP contribution >= 0.6 is 0 Å². The van der Waals surface area contributed by atoms with Crippen LogP contribution in [0.5, 0.6) is 28.7 Å². The van der Waals surface area contributed by atoms with Crippen LogP contribution in [-0.2, 0) is 10.8 Å². The van der Waals surface area contributed by atoms with Crippen molar-refractivity contribution in [1.82, 2.24) is 0 Å². The lowest BCUT2D eigenvalue weighted by atomic mass is 9.70. The van der Waals surface area contributed by atoms with Gasteiger partial charge in [0.05, 0.1) is 0 Å². The zero-order valence-corrected chi connectivity index (χ0v) is 32.7. The van der Waals surface area contributed by atoms with Gasteiger partial charge in [-0.3, -0.25) is 0 Å². The van der Waals surface area contributed by atoms with Crippen molar-refractivity contribution in [1.29, 1.82) is 0 Å². The Kier molecular flexibility index (Phi) is 11.3. The van der Waals surface area contributed by atoms with Gasteiger partial charge in [0, 0.05) is 34.0 Å². The van der Waals surface area contributed by atoms with Crippen LogP contribution in [0.15, 0.2) is 157 Å². The van der Waals surface area contributed by atoms with E-state index < -0.39 is 28.6 Å². The fourth-order valence-corrected chi connectivity index (χ4v) is 7.13. The van der Waals surface area contributed by atoms with Crippen LogP contribution in [-0.4, -0.2) is 6.17 Å². The Labute approximate surface area is 343 Å². The van der Waals surface area contributed by atoms with Crippen LogP contribution in [0.4, 0.5) is 13.2 Å². The van der Waals surface area contributed by atoms with Crippen molar-refractivity contribution in [3.63, 3.8) is 0 Å². The van der Waals surface area contributed by atoms with Crippen LogP contribution in [0.3, 0.4) is 0 Å². The Hall–Kier alpha value is -7.33. The molecule has 0 spiro atoms. The first-order valence-corrected chi connectivity index (χ1v) is 18.9. The van der Waals surface area contributed by atoms with E-state index in [1.807, 2.05) is 48.5 Å². The second-order valence-corrected chi connectivity index (χ2v) is 14.9. The predicted molar refractivity (Wildman–Crippen MR) is 227 cm³/mol. The minimum Gasteiger partial charge on any atom is -0.459 e. The molecule has 0 saturated carbocycles. The maximum absolute atomic E-state index is 14.7. The lowest BCUT2D eigenvalue weighted by Gasteiger charge is -2.33. The third kappa shape index (κ3) is 8.38. The topological polar surface area (TPSA) is 27.7 Å². The highest BCUT2D eigenvalue weighted by Crippen LogP contribution is 2.42. The summed E-state index contributed by atoms with van der Waals surface area (Å²) in [7, 11) is 0. The van der Waals surface area contributed by atoms with Crippen molar-refractivity contribution in [2.45, 2.75) is 44.2 Å². The molecule has 0 radical (unpaired) electrons. The molecule has 1 aliphatic carbocycles. The molecule has 0 heterocycles. The number of halogens is 3. The number of allylic oxidation sites excluding steroid dienone is 4. The number of hydrogen-bond acceptors (Lipinski definition) is 3. The molecule has 0 bridgehead atoms. The van der Waals surface area contributed by atoms with Gasteiger partial charge in [0.2, 0.25) is 0 Å². The molecule has 1 aliphatic rings. The first-order chi connectivity index (χ1) is 28.4. The molecule has 7 rings (SSSR count). The van der Waals surface area contributed by atoms with Gasteiger partial charge < -0.3 is 14.2 Å². The van der Waals surface area contributed by atoms with Crippen molar-refractivity contribution < 1.29 is 27.4 Å². The molecular weight excluding hydrogens is 742 g/mol. The number of terminal acetylenes is 3. The highest BCUT2D eigenvalue weighted by molar-refractivity contribution is 5.54. The predicted octanol–water partition coefficient (Wildman–Crippen LogP) is 12.8. The van der Waals surface area contributed by atoms with Crippen molar-refractivity contribution in [2.24, 2.45) is 0 Å². The monoisotopic (exact) mass is 780 g/mol. The zero-order chi connectivity index (χ0) is 41.7. The molecule has 0 N–H and O–H groups in total. The number of hydrogen-bond donors (Lipinski definition) is 0. The standard InChI is InChI=1S/C53H39F3O3/c1-7-35-10-29-49(46(54)32-35)57-43-23-17-39(18-24-43)52(4,5)38-13-15-40(16-14-38)53(6,41-19-25-44(26-20-41)58-50-30-11-36(8-2)33-47(50)55)42-21-27-45(28-22-42)59-51-31-12-37(9-3)34-48(51)56/h1-3,10-31,33-34,46H,32H2,4-6H3/t46-/m0/s1. The summed E-state index contributed by atoms with van der Waals surface area (Å²) in [5, 5.41) is 0. The number of alkyl halides is 1. The normalized spacial score (nSPS) is 13.8. The average Bonchev–Trinajstić information content (AvgIpc) is 3.26. The van der Waals surface area contributed by atoms with Crippen LogP contribution in [0.1, 0.15) is 66.1 Å². The van der Waals surface area contributed by atoms with Gasteiger partial charge in [-0.15, -0.1) is 19.3 Å². The van der Waals surface area contributed by atoms with Crippen molar-refractivity contribution in [3.8, 4) is 65.8 Å². The summed E-state index contributed by atoms with van der Waals surface area (Å²) in [4.78, 5) is 0. The van der Waals surface area contributed by atoms with Crippen molar-refractivity contribution in [3.05, 3.63) is 208 Å². The van der Waals surface area contributed by atoms with Crippen LogP contribution < -0.4 is 14.2 Å². The Morgan fingerprint density at radius 3 is 1.29 bits per heavy atom. The smallest absolute Gasteiger partial charge is 0.166 e. The van der Waals surface area contributed by atoms with Gasteiger partial charge in [0.15, 0.2) is 29.3 Å². The van der Waals surface area contributed by atoms with Crippen molar-refractivity contribution in [2.75, 3.05) is 0 Å². The summed E-state index contributed by atoms with van der Waals surface area (Å²) >= 11 is 0.